The molecule has 0 aromatic heterocycles. The van der Waals surface area contributed by atoms with Crippen LogP contribution < -0.4 is 0 Å². The molecular formula is C23H31I5. The minimum atomic E-state index is 0.734. The average molecular weight is 942 g/mol. The summed E-state index contributed by atoms with van der Waals surface area (Å²) in [6.45, 7) is 4.89. The van der Waals surface area contributed by atoms with Gasteiger partial charge in [0.25, 0.3) is 0 Å². The summed E-state index contributed by atoms with van der Waals surface area (Å²) in [4.78, 5) is 0. The van der Waals surface area contributed by atoms with Gasteiger partial charge in [-0.05, 0) is 73.3 Å². The van der Waals surface area contributed by atoms with Crippen molar-refractivity contribution in [1.82, 2.24) is 0 Å². The first kappa shape index (κ1) is 25.5. The van der Waals surface area contributed by atoms with Gasteiger partial charge in [0.2, 0.25) is 0 Å². The smallest absolute Gasteiger partial charge is 0.0348 e. The molecule has 2 aliphatic carbocycles. The van der Waals surface area contributed by atoms with Gasteiger partial charge in [0.1, 0.15) is 0 Å². The highest BCUT2D eigenvalue weighted by Gasteiger charge is 2.39. The lowest BCUT2D eigenvalue weighted by atomic mass is 9.69. The van der Waals surface area contributed by atoms with Gasteiger partial charge >= 0.3 is 0 Å². The molecule has 9 atom stereocenters. The van der Waals surface area contributed by atoms with Crippen LogP contribution in [0.2, 0.25) is 0 Å². The molecule has 2 aliphatic rings. The van der Waals surface area contributed by atoms with E-state index in [0.717, 1.165) is 43.3 Å². The second kappa shape index (κ2) is 11.8. The highest BCUT2D eigenvalue weighted by atomic mass is 127. The molecule has 1 aromatic carbocycles. The molecule has 0 saturated heterocycles. The van der Waals surface area contributed by atoms with E-state index >= 15 is 0 Å². The van der Waals surface area contributed by atoms with Crippen LogP contribution in [0.3, 0.4) is 0 Å². The van der Waals surface area contributed by atoms with Crippen molar-refractivity contribution >= 4 is 113 Å². The number of hydrogen-bond acceptors (Lipinski definition) is 0. The topological polar surface area (TPSA) is 0 Å². The second-order valence-corrected chi connectivity index (χ2v) is 16.4. The zero-order valence-corrected chi connectivity index (χ0v) is 27.4. The number of halogens is 5. The first-order valence-corrected chi connectivity index (χ1v) is 16.9. The molecule has 0 amide bonds. The summed E-state index contributed by atoms with van der Waals surface area (Å²) in [5.41, 5.74) is 3.34. The molecule has 8 unspecified atom stereocenters. The van der Waals surface area contributed by atoms with Crippen LogP contribution in [-0.2, 0) is 0 Å². The third kappa shape index (κ3) is 5.86. The molecule has 0 radical (unpaired) electrons. The second-order valence-electron chi connectivity index (χ2n) is 8.73. The zero-order chi connectivity index (χ0) is 20.4. The fourth-order valence-corrected chi connectivity index (χ4v) is 11.4. The molecule has 1 saturated carbocycles. The fraction of sp³-hybridized carbons (Fsp3) is 0.739. The van der Waals surface area contributed by atoms with Crippen molar-refractivity contribution in [3.63, 3.8) is 0 Å². The maximum atomic E-state index is 2.79. The molecule has 0 spiro atoms. The number of fused-ring (bicyclic) bond motifs is 1. The third-order valence-electron chi connectivity index (χ3n) is 6.97. The first-order chi connectivity index (χ1) is 13.3. The van der Waals surface area contributed by atoms with Crippen molar-refractivity contribution in [3.8, 4) is 0 Å². The van der Waals surface area contributed by atoms with Gasteiger partial charge in [-0.2, -0.15) is 0 Å². The summed E-state index contributed by atoms with van der Waals surface area (Å²) in [6.07, 6.45) is 8.31. The highest BCUT2D eigenvalue weighted by Crippen LogP contribution is 2.50. The summed E-state index contributed by atoms with van der Waals surface area (Å²) in [5, 5.41) is 0. The van der Waals surface area contributed by atoms with E-state index in [4.69, 9.17) is 0 Å². The van der Waals surface area contributed by atoms with E-state index in [-0.39, 0.29) is 0 Å². The van der Waals surface area contributed by atoms with Crippen molar-refractivity contribution in [2.75, 3.05) is 0 Å². The fourth-order valence-electron chi connectivity index (χ4n) is 5.26. The summed E-state index contributed by atoms with van der Waals surface area (Å²) in [5.74, 6) is 3.18. The van der Waals surface area contributed by atoms with Crippen LogP contribution in [0.1, 0.15) is 75.3 Å². The maximum Gasteiger partial charge on any atom is 0.0348 e. The quantitative estimate of drug-likeness (QED) is 0.197. The van der Waals surface area contributed by atoms with Gasteiger partial charge in [0.15, 0.2) is 0 Å². The van der Waals surface area contributed by atoms with E-state index in [2.05, 4.69) is 151 Å². The molecule has 5 heteroatoms. The predicted molar refractivity (Wildman–Crippen MR) is 167 cm³/mol. The molecule has 0 aliphatic heterocycles. The zero-order valence-electron chi connectivity index (χ0n) is 16.6. The molecule has 0 heterocycles. The minimum absolute atomic E-state index is 0.734. The van der Waals surface area contributed by atoms with Gasteiger partial charge in [-0.15, -0.1) is 0 Å². The Morgan fingerprint density at radius 1 is 0.964 bits per heavy atom. The number of hydrogen-bond donors (Lipinski definition) is 0. The van der Waals surface area contributed by atoms with E-state index in [1.807, 2.05) is 0 Å². The molecule has 28 heavy (non-hydrogen) atoms. The van der Waals surface area contributed by atoms with Crippen molar-refractivity contribution in [1.29, 1.82) is 0 Å². The van der Waals surface area contributed by atoms with Crippen molar-refractivity contribution in [2.24, 2.45) is 11.8 Å². The van der Waals surface area contributed by atoms with Gasteiger partial charge < -0.3 is 0 Å². The molecule has 3 rings (SSSR count). The van der Waals surface area contributed by atoms with Gasteiger partial charge in [-0.1, -0.05) is 151 Å². The Kier molecular flexibility index (Phi) is 10.8. The molecule has 1 fully saturated rings. The lowest BCUT2D eigenvalue weighted by Gasteiger charge is -2.41. The van der Waals surface area contributed by atoms with E-state index in [0.29, 0.717) is 0 Å². The summed E-state index contributed by atoms with van der Waals surface area (Å²) >= 11 is 13.7. The van der Waals surface area contributed by atoms with Crippen LogP contribution in [-0.4, -0.2) is 19.6 Å². The van der Waals surface area contributed by atoms with Gasteiger partial charge in [0.05, 0.1) is 0 Å². The number of rotatable bonds is 6. The molecular weight excluding hydrogens is 911 g/mol. The Hall–Kier alpha value is 2.87. The molecule has 0 bridgehead atoms. The van der Waals surface area contributed by atoms with E-state index < -0.39 is 0 Å². The van der Waals surface area contributed by atoms with Crippen LogP contribution in [0.5, 0.6) is 0 Å². The lowest BCUT2D eigenvalue weighted by molar-refractivity contribution is 0.314. The molecule has 0 nitrogen and oxygen atoms in total. The molecule has 158 valence electrons. The van der Waals surface area contributed by atoms with Crippen LogP contribution in [0, 0.1) is 11.8 Å². The Labute approximate surface area is 240 Å². The van der Waals surface area contributed by atoms with Crippen LogP contribution in [0.15, 0.2) is 24.3 Å². The molecule has 1 aromatic rings. The van der Waals surface area contributed by atoms with Crippen LogP contribution in [0.25, 0.3) is 0 Å². The average Bonchev–Trinajstić information content (AvgIpc) is 2.70. The normalized spacial score (nSPS) is 37.9. The summed E-state index contributed by atoms with van der Waals surface area (Å²) in [6, 6.07) is 9.44. The van der Waals surface area contributed by atoms with E-state index in [1.54, 1.807) is 11.1 Å². The third-order valence-corrected chi connectivity index (χ3v) is 17.6. The SMILES string of the molecule is CCC(I)C1CC(I)C([C@H](C)CCC2CCC(I)C(I)C2I)c2ccccc21. The van der Waals surface area contributed by atoms with Crippen molar-refractivity contribution < 1.29 is 0 Å². The summed E-state index contributed by atoms with van der Waals surface area (Å²) < 4.78 is 4.10. The van der Waals surface area contributed by atoms with Crippen LogP contribution >= 0.6 is 113 Å². The van der Waals surface area contributed by atoms with E-state index in [9.17, 15) is 0 Å². The maximum absolute atomic E-state index is 2.79. The Balaban J connectivity index is 1.71. The Morgan fingerprint density at radius 3 is 2.32 bits per heavy atom. The standard InChI is InChI=1S/C23H31I5/c1-3-18(24)17-12-20(26)21(16-7-5-4-6-15(16)17)13(2)8-9-14-10-11-19(25)23(28)22(14)27/h4-7,13-14,17-23H,3,8-12H2,1-2H3/t13-,14?,17?,18?,19?,20?,21?,22?,23?/m1/s1. The molecule has 0 N–H and O–H groups in total. The largest absolute Gasteiger partial charge is 0.0820 e. The van der Waals surface area contributed by atoms with Crippen molar-refractivity contribution in [3.05, 3.63) is 35.4 Å². The van der Waals surface area contributed by atoms with Gasteiger partial charge in [-0.25, -0.2) is 0 Å². The van der Waals surface area contributed by atoms with E-state index in [1.165, 1.54) is 38.5 Å². The minimum Gasteiger partial charge on any atom is -0.0820 e. The number of alkyl halides is 5. The Morgan fingerprint density at radius 2 is 1.64 bits per heavy atom. The Bertz CT molecular complexity index is 635. The van der Waals surface area contributed by atoms with Gasteiger partial charge in [0, 0.05) is 19.6 Å². The highest BCUT2D eigenvalue weighted by molar-refractivity contribution is 14.1. The van der Waals surface area contributed by atoms with Gasteiger partial charge in [-0.3, -0.25) is 0 Å². The monoisotopic (exact) mass is 942 g/mol. The number of benzene rings is 1. The van der Waals surface area contributed by atoms with Crippen LogP contribution in [0.4, 0.5) is 0 Å². The predicted octanol–water partition coefficient (Wildman–Crippen LogP) is 9.51. The summed E-state index contributed by atoms with van der Waals surface area (Å²) in [7, 11) is 0. The van der Waals surface area contributed by atoms with Crippen molar-refractivity contribution in [2.45, 2.75) is 83.8 Å². The lowest BCUT2D eigenvalue weighted by Crippen LogP contribution is -2.36. The first-order valence-electron chi connectivity index (χ1n) is 10.6.